The lowest BCUT2D eigenvalue weighted by molar-refractivity contribution is 0.0691. The lowest BCUT2D eigenvalue weighted by atomic mass is 10.3. The molecule has 0 saturated carbocycles. The summed E-state index contributed by atoms with van der Waals surface area (Å²) >= 11 is 1.33. The Morgan fingerprint density at radius 1 is 1.38 bits per heavy atom. The Balaban J connectivity index is 2.01. The number of carbonyl (C=O) groups is 1. The van der Waals surface area contributed by atoms with Gasteiger partial charge in [0.2, 0.25) is 0 Å². The van der Waals surface area contributed by atoms with Crippen molar-refractivity contribution >= 4 is 28.3 Å². The molecule has 108 valence electrons. The Morgan fingerprint density at radius 3 is 2.90 bits per heavy atom. The third-order valence-corrected chi connectivity index (χ3v) is 3.90. The Morgan fingerprint density at radius 2 is 2.19 bits per heavy atom. The lowest BCUT2D eigenvalue weighted by Crippen LogP contribution is -2.06. The van der Waals surface area contributed by atoms with Gasteiger partial charge in [0.1, 0.15) is 17.4 Å². The Labute approximate surface area is 124 Å². The van der Waals surface area contributed by atoms with E-state index in [1.54, 1.807) is 12.5 Å². The SMILES string of the molecule is COCc1nc2ccccc2n1Cc1nc(C(=O)O)cs1. The van der Waals surface area contributed by atoms with Crippen LogP contribution in [0.1, 0.15) is 21.3 Å². The van der Waals surface area contributed by atoms with Crippen molar-refractivity contribution in [2.24, 2.45) is 0 Å². The fourth-order valence-electron chi connectivity index (χ4n) is 2.16. The molecule has 2 heterocycles. The summed E-state index contributed by atoms with van der Waals surface area (Å²) in [6, 6.07) is 7.80. The highest BCUT2D eigenvalue weighted by molar-refractivity contribution is 7.09. The summed E-state index contributed by atoms with van der Waals surface area (Å²) in [5.74, 6) is -0.212. The number of ether oxygens (including phenoxy) is 1. The first-order chi connectivity index (χ1) is 10.2. The molecule has 0 radical (unpaired) electrons. The summed E-state index contributed by atoms with van der Waals surface area (Å²) in [7, 11) is 1.62. The molecule has 7 heteroatoms. The Hall–Kier alpha value is -2.25. The zero-order valence-corrected chi connectivity index (χ0v) is 12.1. The van der Waals surface area contributed by atoms with E-state index in [1.165, 1.54) is 11.3 Å². The van der Waals surface area contributed by atoms with Gasteiger partial charge >= 0.3 is 5.97 Å². The summed E-state index contributed by atoms with van der Waals surface area (Å²) < 4.78 is 7.19. The van der Waals surface area contributed by atoms with Crippen LogP contribution in [0.5, 0.6) is 0 Å². The molecule has 6 nitrogen and oxygen atoms in total. The average Bonchev–Trinajstić information content (AvgIpc) is 3.06. The largest absolute Gasteiger partial charge is 0.476 e. The van der Waals surface area contributed by atoms with E-state index >= 15 is 0 Å². The molecule has 21 heavy (non-hydrogen) atoms. The normalized spacial score (nSPS) is 11.1. The summed E-state index contributed by atoms with van der Waals surface area (Å²) in [4.78, 5) is 19.6. The first-order valence-corrected chi connectivity index (χ1v) is 7.18. The molecule has 3 aromatic rings. The van der Waals surface area contributed by atoms with Crippen molar-refractivity contribution in [3.63, 3.8) is 0 Å². The number of para-hydroxylation sites is 2. The molecule has 0 aliphatic carbocycles. The van der Waals surface area contributed by atoms with Crippen molar-refractivity contribution < 1.29 is 14.6 Å². The predicted octanol–water partition coefficient (Wildman–Crippen LogP) is 2.39. The second kappa shape index (κ2) is 5.63. The molecule has 1 N–H and O–H groups in total. The van der Waals surface area contributed by atoms with Gasteiger partial charge in [-0.2, -0.15) is 0 Å². The number of fused-ring (bicyclic) bond motifs is 1. The number of rotatable bonds is 5. The molecule has 0 unspecified atom stereocenters. The van der Waals surface area contributed by atoms with Gasteiger partial charge in [-0.25, -0.2) is 14.8 Å². The minimum Gasteiger partial charge on any atom is -0.476 e. The topological polar surface area (TPSA) is 77.2 Å². The van der Waals surface area contributed by atoms with Crippen molar-refractivity contribution in [2.45, 2.75) is 13.2 Å². The number of thiazole rings is 1. The van der Waals surface area contributed by atoms with Crippen molar-refractivity contribution in [3.05, 3.63) is 46.2 Å². The van der Waals surface area contributed by atoms with Crippen molar-refractivity contribution in [2.75, 3.05) is 7.11 Å². The Kier molecular flexibility index (Phi) is 3.68. The zero-order chi connectivity index (χ0) is 14.8. The molecule has 0 aliphatic heterocycles. The molecule has 0 saturated heterocycles. The van der Waals surface area contributed by atoms with E-state index in [1.807, 2.05) is 28.8 Å². The number of carboxylic acid groups (broad SMARTS) is 1. The van der Waals surface area contributed by atoms with E-state index in [4.69, 9.17) is 9.84 Å². The number of hydrogen-bond acceptors (Lipinski definition) is 5. The fraction of sp³-hybridized carbons (Fsp3) is 0.214. The molecule has 0 fully saturated rings. The van der Waals surface area contributed by atoms with Gasteiger partial charge in [-0.3, -0.25) is 0 Å². The van der Waals surface area contributed by atoms with Gasteiger partial charge in [0.15, 0.2) is 5.69 Å². The van der Waals surface area contributed by atoms with E-state index in [0.717, 1.165) is 21.9 Å². The maximum absolute atomic E-state index is 10.9. The number of aromatic nitrogens is 3. The summed E-state index contributed by atoms with van der Waals surface area (Å²) in [5, 5.41) is 11.2. The third kappa shape index (κ3) is 2.65. The molecule has 0 amide bonds. The smallest absolute Gasteiger partial charge is 0.355 e. The summed E-state index contributed by atoms with van der Waals surface area (Å²) in [6.45, 7) is 0.878. The van der Waals surface area contributed by atoms with Crippen LogP contribution in [0.15, 0.2) is 29.6 Å². The number of hydrogen-bond donors (Lipinski definition) is 1. The molecule has 0 spiro atoms. The van der Waals surface area contributed by atoms with Gasteiger partial charge in [-0.15, -0.1) is 11.3 Å². The second-order valence-corrected chi connectivity index (χ2v) is 5.41. The van der Waals surface area contributed by atoms with Crippen LogP contribution in [0.25, 0.3) is 11.0 Å². The molecule has 3 rings (SSSR count). The molecule has 1 aromatic carbocycles. The van der Waals surface area contributed by atoms with Crippen LogP contribution in [0.4, 0.5) is 0 Å². The molecular weight excluding hydrogens is 290 g/mol. The van der Waals surface area contributed by atoms with E-state index in [2.05, 4.69) is 9.97 Å². The van der Waals surface area contributed by atoms with Crippen LogP contribution in [0.3, 0.4) is 0 Å². The van der Waals surface area contributed by atoms with Gasteiger partial charge in [-0.1, -0.05) is 12.1 Å². The highest BCUT2D eigenvalue weighted by Crippen LogP contribution is 2.20. The number of imidazole rings is 1. The van der Waals surface area contributed by atoms with Gasteiger partial charge in [0.25, 0.3) is 0 Å². The van der Waals surface area contributed by atoms with Crippen LogP contribution in [0, 0.1) is 0 Å². The average molecular weight is 303 g/mol. The van der Waals surface area contributed by atoms with Crippen molar-refractivity contribution in [1.82, 2.24) is 14.5 Å². The van der Waals surface area contributed by atoms with E-state index < -0.39 is 5.97 Å². The van der Waals surface area contributed by atoms with Crippen LogP contribution in [0.2, 0.25) is 0 Å². The molecule has 0 aliphatic rings. The molecule has 0 atom stereocenters. The van der Waals surface area contributed by atoms with Gasteiger partial charge in [0.05, 0.1) is 17.6 Å². The van der Waals surface area contributed by atoms with E-state index in [0.29, 0.717) is 13.2 Å². The number of carboxylic acids is 1. The number of benzene rings is 1. The standard InChI is InChI=1S/C14H13N3O3S/c1-20-7-12-15-9-4-2-3-5-11(9)17(12)6-13-16-10(8-21-13)14(18)19/h2-5,8H,6-7H2,1H3,(H,18,19). The first-order valence-electron chi connectivity index (χ1n) is 6.30. The fourth-order valence-corrected chi connectivity index (χ4v) is 2.91. The summed E-state index contributed by atoms with van der Waals surface area (Å²) in [5.41, 5.74) is 1.95. The molecular formula is C14H13N3O3S. The van der Waals surface area contributed by atoms with Crippen LogP contribution < -0.4 is 0 Å². The van der Waals surface area contributed by atoms with Gasteiger partial charge < -0.3 is 14.4 Å². The zero-order valence-electron chi connectivity index (χ0n) is 11.3. The third-order valence-electron chi connectivity index (χ3n) is 3.07. The maximum atomic E-state index is 10.9. The molecule has 2 aromatic heterocycles. The monoisotopic (exact) mass is 303 g/mol. The van der Waals surface area contributed by atoms with Crippen LogP contribution >= 0.6 is 11.3 Å². The van der Waals surface area contributed by atoms with Gasteiger partial charge in [0, 0.05) is 12.5 Å². The lowest BCUT2D eigenvalue weighted by Gasteiger charge is -2.06. The predicted molar refractivity (Wildman–Crippen MR) is 78.6 cm³/mol. The minimum absolute atomic E-state index is 0.0766. The summed E-state index contributed by atoms with van der Waals surface area (Å²) in [6.07, 6.45) is 0. The number of nitrogens with zero attached hydrogens (tertiary/aromatic N) is 3. The van der Waals surface area contributed by atoms with Crippen molar-refractivity contribution in [1.29, 1.82) is 0 Å². The molecule has 0 bridgehead atoms. The van der Waals surface area contributed by atoms with Crippen molar-refractivity contribution in [3.8, 4) is 0 Å². The van der Waals surface area contributed by atoms with E-state index in [-0.39, 0.29) is 5.69 Å². The maximum Gasteiger partial charge on any atom is 0.355 e. The minimum atomic E-state index is -1.01. The van der Waals surface area contributed by atoms with Crippen LogP contribution in [-0.2, 0) is 17.9 Å². The highest BCUT2D eigenvalue weighted by atomic mass is 32.1. The second-order valence-electron chi connectivity index (χ2n) is 4.47. The number of aromatic carboxylic acids is 1. The quantitative estimate of drug-likeness (QED) is 0.783. The van der Waals surface area contributed by atoms with Gasteiger partial charge in [-0.05, 0) is 12.1 Å². The Bertz CT molecular complexity index is 794. The van der Waals surface area contributed by atoms with E-state index in [9.17, 15) is 4.79 Å². The highest BCUT2D eigenvalue weighted by Gasteiger charge is 2.14. The van der Waals surface area contributed by atoms with Crippen LogP contribution in [-0.4, -0.2) is 32.7 Å². The number of methoxy groups -OCH3 is 1. The first kappa shape index (κ1) is 13.7.